The number of aliphatic hydroxyl groups is 1. The Morgan fingerprint density at radius 1 is 0.884 bits per heavy atom. The van der Waals surface area contributed by atoms with Gasteiger partial charge in [0.1, 0.15) is 6.10 Å². The summed E-state index contributed by atoms with van der Waals surface area (Å²) in [5.41, 5.74) is 2.88. The molecule has 7 nitrogen and oxygen atoms in total. The second-order valence-electron chi connectivity index (χ2n) is 11.1. The smallest absolute Gasteiger partial charge is 0.309 e. The molecule has 3 aromatic carbocycles. The Kier molecular flexibility index (Phi) is 12.5. The molecule has 0 radical (unpaired) electrons. The minimum Gasteiger partial charge on any atom is -0.455 e. The van der Waals surface area contributed by atoms with E-state index in [4.69, 9.17) is 4.74 Å². The van der Waals surface area contributed by atoms with Crippen LogP contribution in [0, 0.1) is 11.8 Å². The highest BCUT2D eigenvalue weighted by molar-refractivity contribution is 5.86. The van der Waals surface area contributed by atoms with Crippen LogP contribution >= 0.6 is 0 Å². The van der Waals surface area contributed by atoms with Crippen LogP contribution in [0.15, 0.2) is 103 Å². The Morgan fingerprint density at radius 2 is 1.53 bits per heavy atom. The first-order valence-corrected chi connectivity index (χ1v) is 15.2. The number of amides is 2. The Hall–Kier alpha value is -4.23. The maximum Gasteiger partial charge on any atom is 0.309 e. The summed E-state index contributed by atoms with van der Waals surface area (Å²) in [4.78, 5) is 39.9. The molecule has 4 atom stereocenters. The second-order valence-corrected chi connectivity index (χ2v) is 11.1. The van der Waals surface area contributed by atoms with Gasteiger partial charge in [0.05, 0.1) is 31.0 Å². The van der Waals surface area contributed by atoms with Crippen LogP contribution in [0.1, 0.15) is 54.9 Å². The van der Waals surface area contributed by atoms with Gasteiger partial charge in [-0.1, -0.05) is 103 Å². The third-order valence-corrected chi connectivity index (χ3v) is 7.77. The van der Waals surface area contributed by atoms with E-state index in [9.17, 15) is 19.5 Å². The molecule has 1 aliphatic rings. The van der Waals surface area contributed by atoms with E-state index in [0.717, 1.165) is 29.5 Å². The predicted octanol–water partition coefficient (Wildman–Crippen LogP) is 5.10. The highest BCUT2D eigenvalue weighted by Gasteiger charge is 2.27. The number of carbonyl (C=O) groups is 3. The topological polar surface area (TPSA) is 105 Å². The lowest BCUT2D eigenvalue weighted by Crippen LogP contribution is -2.42. The Bertz CT molecular complexity index is 1310. The van der Waals surface area contributed by atoms with Gasteiger partial charge in [-0.25, -0.2) is 0 Å². The van der Waals surface area contributed by atoms with E-state index in [1.165, 1.54) is 0 Å². The van der Waals surface area contributed by atoms with Crippen molar-refractivity contribution in [3.8, 4) is 0 Å². The van der Waals surface area contributed by atoms with Crippen LogP contribution in [-0.4, -0.2) is 42.1 Å². The summed E-state index contributed by atoms with van der Waals surface area (Å²) in [7, 11) is 0. The number of hydrogen-bond acceptors (Lipinski definition) is 5. The standard InChI is InChI=1S/C36H42N2O5/c39-26-32(23-28-16-8-4-9-17-28)38-34(40)24-30-20-10-1-2-11-21-31(22-27-14-6-3-7-15-27)36(42)43-33(25-37-35(30)41)29-18-12-5-13-19-29/h1,3-10,12-19,30-33,39H,2,11,20-26H2,(H,37,41)(H,38,40)/t30-,31-,32+,33+/m1/s1. The molecule has 1 heterocycles. The SMILES string of the molecule is O=C(C[C@H]1CC=CCCC[C@H](Cc2ccccc2)C(=O)O[C@H](c2ccccc2)CNC1=O)N[C@H](CO)Cc1ccccc1. The van der Waals surface area contributed by atoms with Gasteiger partial charge in [-0.05, 0) is 55.2 Å². The summed E-state index contributed by atoms with van der Waals surface area (Å²) in [5, 5.41) is 15.7. The average Bonchev–Trinajstić information content (AvgIpc) is 3.03. The molecule has 0 unspecified atom stereocenters. The molecule has 0 fully saturated rings. The number of nitrogens with one attached hydrogen (secondary N) is 2. The van der Waals surface area contributed by atoms with E-state index in [-0.39, 0.29) is 43.3 Å². The predicted molar refractivity (Wildman–Crippen MR) is 167 cm³/mol. The molecule has 0 aromatic heterocycles. The maximum atomic E-state index is 13.5. The molecule has 2 amide bonds. The normalized spacial score (nSPS) is 20.7. The van der Waals surface area contributed by atoms with Crippen molar-refractivity contribution in [3.05, 3.63) is 120 Å². The summed E-state index contributed by atoms with van der Waals surface area (Å²) >= 11 is 0. The highest BCUT2D eigenvalue weighted by Crippen LogP contribution is 2.24. The van der Waals surface area contributed by atoms with Gasteiger partial charge in [-0.3, -0.25) is 14.4 Å². The summed E-state index contributed by atoms with van der Waals surface area (Å²) in [6.07, 6.45) is 7.03. The zero-order valence-electron chi connectivity index (χ0n) is 24.6. The monoisotopic (exact) mass is 582 g/mol. The Labute approximate surface area is 254 Å². The van der Waals surface area contributed by atoms with Crippen molar-refractivity contribution in [3.63, 3.8) is 0 Å². The van der Waals surface area contributed by atoms with E-state index in [1.54, 1.807) is 0 Å². The van der Waals surface area contributed by atoms with Crippen LogP contribution < -0.4 is 10.6 Å². The number of carbonyl (C=O) groups excluding carboxylic acids is 3. The highest BCUT2D eigenvalue weighted by atomic mass is 16.5. The van der Waals surface area contributed by atoms with Gasteiger partial charge in [-0.15, -0.1) is 0 Å². The summed E-state index contributed by atoms with van der Waals surface area (Å²) < 4.78 is 6.08. The first-order chi connectivity index (χ1) is 21.0. The third-order valence-electron chi connectivity index (χ3n) is 7.77. The lowest BCUT2D eigenvalue weighted by Gasteiger charge is -2.24. The number of benzene rings is 3. The molecule has 43 heavy (non-hydrogen) atoms. The maximum absolute atomic E-state index is 13.5. The lowest BCUT2D eigenvalue weighted by atomic mass is 9.93. The van der Waals surface area contributed by atoms with Gasteiger partial charge >= 0.3 is 5.97 Å². The largest absolute Gasteiger partial charge is 0.455 e. The van der Waals surface area contributed by atoms with Gasteiger partial charge in [-0.2, -0.15) is 0 Å². The fourth-order valence-corrected chi connectivity index (χ4v) is 5.38. The Balaban J connectivity index is 1.46. The molecule has 0 bridgehead atoms. The summed E-state index contributed by atoms with van der Waals surface area (Å²) in [6.45, 7) is -0.103. The van der Waals surface area contributed by atoms with Gasteiger partial charge < -0.3 is 20.5 Å². The van der Waals surface area contributed by atoms with Gasteiger partial charge in [0.2, 0.25) is 11.8 Å². The molecular formula is C36H42N2O5. The number of aliphatic hydroxyl groups excluding tert-OH is 1. The van der Waals surface area contributed by atoms with E-state index < -0.39 is 18.1 Å². The molecule has 0 aliphatic carbocycles. The fourth-order valence-electron chi connectivity index (χ4n) is 5.38. The fraction of sp³-hybridized carbons (Fsp3) is 0.361. The number of cyclic esters (lactones) is 1. The van der Waals surface area contributed by atoms with Crippen LogP contribution in [0.5, 0.6) is 0 Å². The molecule has 0 spiro atoms. The van der Waals surface area contributed by atoms with Crippen molar-refractivity contribution < 1.29 is 24.2 Å². The first-order valence-electron chi connectivity index (χ1n) is 15.2. The minimum atomic E-state index is -0.659. The van der Waals surface area contributed by atoms with E-state index >= 15 is 0 Å². The first kappa shape index (κ1) is 31.7. The molecule has 4 rings (SSSR count). The second kappa shape index (κ2) is 17.0. The van der Waals surface area contributed by atoms with E-state index in [0.29, 0.717) is 25.7 Å². The molecule has 226 valence electrons. The third kappa shape index (κ3) is 10.5. The van der Waals surface area contributed by atoms with Crippen molar-refractivity contribution in [2.24, 2.45) is 11.8 Å². The molecular weight excluding hydrogens is 540 g/mol. The lowest BCUT2D eigenvalue weighted by molar-refractivity contribution is -0.155. The average molecular weight is 583 g/mol. The van der Waals surface area contributed by atoms with Crippen molar-refractivity contribution in [2.75, 3.05) is 13.2 Å². The number of rotatable bonds is 9. The number of esters is 1. The summed E-state index contributed by atoms with van der Waals surface area (Å²) in [6, 6.07) is 28.6. The van der Waals surface area contributed by atoms with Crippen molar-refractivity contribution in [2.45, 2.75) is 57.1 Å². The zero-order chi connectivity index (χ0) is 30.3. The van der Waals surface area contributed by atoms with Crippen LogP contribution in [-0.2, 0) is 32.0 Å². The van der Waals surface area contributed by atoms with E-state index in [2.05, 4.69) is 10.6 Å². The molecule has 1 aliphatic heterocycles. The zero-order valence-corrected chi connectivity index (χ0v) is 24.6. The molecule has 7 heteroatoms. The Morgan fingerprint density at radius 3 is 2.21 bits per heavy atom. The number of allylic oxidation sites excluding steroid dienone is 2. The quantitative estimate of drug-likeness (QED) is 0.241. The molecule has 3 aromatic rings. The van der Waals surface area contributed by atoms with Crippen molar-refractivity contribution >= 4 is 17.8 Å². The minimum absolute atomic E-state index is 0.0175. The van der Waals surface area contributed by atoms with Gasteiger partial charge in [0, 0.05) is 6.42 Å². The van der Waals surface area contributed by atoms with Crippen LogP contribution in [0.4, 0.5) is 0 Å². The summed E-state index contributed by atoms with van der Waals surface area (Å²) in [5.74, 6) is -1.75. The van der Waals surface area contributed by atoms with Crippen LogP contribution in [0.25, 0.3) is 0 Å². The number of ether oxygens (including phenoxy) is 1. The van der Waals surface area contributed by atoms with Crippen molar-refractivity contribution in [1.82, 2.24) is 10.6 Å². The number of hydrogen-bond donors (Lipinski definition) is 3. The van der Waals surface area contributed by atoms with Crippen LogP contribution in [0.2, 0.25) is 0 Å². The molecule has 0 saturated heterocycles. The van der Waals surface area contributed by atoms with Gasteiger partial charge in [0.15, 0.2) is 0 Å². The van der Waals surface area contributed by atoms with Crippen molar-refractivity contribution in [1.29, 1.82) is 0 Å². The van der Waals surface area contributed by atoms with Crippen LogP contribution in [0.3, 0.4) is 0 Å². The van der Waals surface area contributed by atoms with Gasteiger partial charge in [0.25, 0.3) is 0 Å². The molecule has 0 saturated carbocycles. The molecule has 3 N–H and O–H groups in total. The van der Waals surface area contributed by atoms with E-state index in [1.807, 2.05) is 103 Å².